The van der Waals surface area contributed by atoms with E-state index in [0.29, 0.717) is 17.2 Å². The molecule has 0 unspecified atom stereocenters. The Morgan fingerprint density at radius 1 is 1.00 bits per heavy atom. The Balaban J connectivity index is 1.30. The van der Waals surface area contributed by atoms with Crippen LogP contribution in [0.25, 0.3) is 5.69 Å². The minimum absolute atomic E-state index is 0.116. The van der Waals surface area contributed by atoms with Crippen LogP contribution < -0.4 is 15.3 Å². The molecule has 0 saturated carbocycles. The molecule has 0 amide bonds. The molecule has 186 valence electrons. The maximum atomic E-state index is 14.0. The minimum atomic E-state index is -0.715. The van der Waals surface area contributed by atoms with E-state index in [9.17, 15) is 13.6 Å². The summed E-state index contributed by atoms with van der Waals surface area (Å²) in [6.07, 6.45) is 3.19. The van der Waals surface area contributed by atoms with Gasteiger partial charge in [-0.25, -0.2) is 18.6 Å². The summed E-state index contributed by atoms with van der Waals surface area (Å²) in [5, 5.41) is 4.09. The van der Waals surface area contributed by atoms with E-state index in [1.807, 2.05) is 19.9 Å². The highest BCUT2D eigenvalue weighted by Gasteiger charge is 2.23. The summed E-state index contributed by atoms with van der Waals surface area (Å²) in [5.41, 5.74) is -0.216. The van der Waals surface area contributed by atoms with Gasteiger partial charge in [0.15, 0.2) is 0 Å². The first-order valence-electron chi connectivity index (χ1n) is 11.6. The molecule has 0 spiro atoms. The van der Waals surface area contributed by atoms with Crippen LogP contribution in [0.15, 0.2) is 71.9 Å². The Morgan fingerprint density at radius 3 is 2.39 bits per heavy atom. The number of hydrogen-bond donors (Lipinski definition) is 0. The summed E-state index contributed by atoms with van der Waals surface area (Å²) >= 11 is 0. The van der Waals surface area contributed by atoms with Crippen molar-refractivity contribution in [2.24, 2.45) is 0 Å². The fourth-order valence-corrected chi connectivity index (χ4v) is 4.27. The molecule has 4 aromatic rings. The third kappa shape index (κ3) is 4.99. The van der Waals surface area contributed by atoms with Crippen molar-refractivity contribution in [1.29, 1.82) is 0 Å². The number of halogens is 2. The van der Waals surface area contributed by atoms with Crippen molar-refractivity contribution in [1.82, 2.24) is 19.3 Å². The van der Waals surface area contributed by atoms with Crippen LogP contribution in [0.1, 0.15) is 19.4 Å². The number of morpholine rings is 1. The molecule has 0 bridgehead atoms. The zero-order valence-electron chi connectivity index (χ0n) is 19.8. The minimum Gasteiger partial charge on any atom is -0.457 e. The van der Waals surface area contributed by atoms with Crippen molar-refractivity contribution in [2.75, 3.05) is 18.0 Å². The molecule has 1 aliphatic rings. The van der Waals surface area contributed by atoms with Crippen molar-refractivity contribution in [3.05, 3.63) is 94.8 Å². The molecule has 0 radical (unpaired) electrons. The molecular formula is C26H25F2N5O3. The van der Waals surface area contributed by atoms with Crippen molar-refractivity contribution in [3.8, 4) is 17.2 Å². The highest BCUT2D eigenvalue weighted by molar-refractivity contribution is 5.46. The van der Waals surface area contributed by atoms with E-state index in [-0.39, 0.29) is 24.3 Å². The molecule has 3 heterocycles. The highest BCUT2D eigenvalue weighted by atomic mass is 19.1. The van der Waals surface area contributed by atoms with E-state index < -0.39 is 17.3 Å². The predicted octanol–water partition coefficient (Wildman–Crippen LogP) is 4.16. The first-order valence-corrected chi connectivity index (χ1v) is 11.6. The van der Waals surface area contributed by atoms with Gasteiger partial charge < -0.3 is 14.4 Å². The van der Waals surface area contributed by atoms with Gasteiger partial charge in [0.1, 0.15) is 35.3 Å². The molecule has 10 heteroatoms. The summed E-state index contributed by atoms with van der Waals surface area (Å²) < 4.78 is 42.1. The Morgan fingerprint density at radius 2 is 1.69 bits per heavy atom. The van der Waals surface area contributed by atoms with Gasteiger partial charge in [-0.05, 0) is 56.3 Å². The van der Waals surface area contributed by atoms with E-state index in [1.54, 1.807) is 36.5 Å². The number of nitrogens with zero attached hydrogens (tertiary/aromatic N) is 5. The van der Waals surface area contributed by atoms with Crippen molar-refractivity contribution in [3.63, 3.8) is 0 Å². The van der Waals surface area contributed by atoms with E-state index in [4.69, 9.17) is 9.47 Å². The highest BCUT2D eigenvalue weighted by Crippen LogP contribution is 2.26. The zero-order chi connectivity index (χ0) is 25.2. The number of anilines is 1. The van der Waals surface area contributed by atoms with Gasteiger partial charge >= 0.3 is 5.69 Å². The number of hydrogen-bond acceptors (Lipinski definition) is 6. The summed E-state index contributed by atoms with van der Waals surface area (Å²) in [6, 6.07) is 14.1. The zero-order valence-corrected chi connectivity index (χ0v) is 19.8. The number of pyridine rings is 1. The van der Waals surface area contributed by atoms with E-state index in [0.717, 1.165) is 40.3 Å². The summed E-state index contributed by atoms with van der Waals surface area (Å²) in [5.74, 6) is 0.587. The molecule has 2 atom stereocenters. The van der Waals surface area contributed by atoms with E-state index in [2.05, 4.69) is 15.0 Å². The maximum absolute atomic E-state index is 14.0. The lowest BCUT2D eigenvalue weighted by Gasteiger charge is -2.36. The molecule has 8 nitrogen and oxygen atoms in total. The lowest BCUT2D eigenvalue weighted by Crippen LogP contribution is -2.45. The molecule has 1 saturated heterocycles. The van der Waals surface area contributed by atoms with Gasteiger partial charge in [0, 0.05) is 30.9 Å². The van der Waals surface area contributed by atoms with Gasteiger partial charge in [0.25, 0.3) is 0 Å². The second-order valence-electron chi connectivity index (χ2n) is 8.76. The maximum Gasteiger partial charge on any atom is 0.350 e. The molecule has 5 rings (SSSR count). The first kappa shape index (κ1) is 23.7. The molecule has 2 aromatic heterocycles. The molecule has 0 aliphatic carbocycles. The SMILES string of the molecule is C[C@@H]1CN(c2cc(Oc3ccc(-n4ncn(Cc5c(F)cccc5F)c4=O)cc3)ccn2)C[C@H](C)O1. The Kier molecular flexibility index (Phi) is 6.51. The molecular weight excluding hydrogens is 468 g/mol. The van der Waals surface area contributed by atoms with Crippen LogP contribution in [0, 0.1) is 11.6 Å². The van der Waals surface area contributed by atoms with Crippen LogP contribution in [-0.2, 0) is 11.3 Å². The first-order chi connectivity index (χ1) is 17.4. The van der Waals surface area contributed by atoms with Crippen molar-refractivity contribution in [2.45, 2.75) is 32.6 Å². The van der Waals surface area contributed by atoms with Gasteiger partial charge in [0.05, 0.1) is 24.4 Å². The summed E-state index contributed by atoms with van der Waals surface area (Å²) in [7, 11) is 0. The quantitative estimate of drug-likeness (QED) is 0.402. The van der Waals surface area contributed by atoms with Crippen LogP contribution in [0.5, 0.6) is 11.5 Å². The topological polar surface area (TPSA) is 74.4 Å². The molecule has 0 N–H and O–H groups in total. The standard InChI is InChI=1S/C26H25F2N5O3/c1-17-13-31(14-18(2)35-17)25-12-21(10-11-29-25)36-20-8-6-19(7-9-20)33-26(34)32(16-30-33)15-22-23(27)4-3-5-24(22)28/h3-12,16-18H,13-15H2,1-2H3/t17-,18+. The van der Waals surface area contributed by atoms with Gasteiger partial charge in [0.2, 0.25) is 0 Å². The fraction of sp³-hybridized carbons (Fsp3) is 0.269. The van der Waals surface area contributed by atoms with Crippen LogP contribution in [0.4, 0.5) is 14.6 Å². The second-order valence-corrected chi connectivity index (χ2v) is 8.76. The predicted molar refractivity (Wildman–Crippen MR) is 130 cm³/mol. The molecule has 36 heavy (non-hydrogen) atoms. The van der Waals surface area contributed by atoms with Gasteiger partial charge in [-0.3, -0.25) is 4.57 Å². The number of ether oxygens (including phenoxy) is 2. The van der Waals surface area contributed by atoms with E-state index in [1.165, 1.54) is 12.4 Å². The fourth-order valence-electron chi connectivity index (χ4n) is 4.27. The van der Waals surface area contributed by atoms with Crippen LogP contribution in [0.2, 0.25) is 0 Å². The number of aromatic nitrogens is 4. The Bertz CT molecular complexity index is 1390. The summed E-state index contributed by atoms with van der Waals surface area (Å²) in [4.78, 5) is 19.4. The average Bonchev–Trinajstić information content (AvgIpc) is 3.21. The largest absolute Gasteiger partial charge is 0.457 e. The molecule has 1 fully saturated rings. The van der Waals surface area contributed by atoms with Crippen molar-refractivity contribution < 1.29 is 18.3 Å². The normalized spacial score (nSPS) is 17.8. The smallest absolute Gasteiger partial charge is 0.350 e. The number of benzene rings is 2. The van der Waals surface area contributed by atoms with Crippen molar-refractivity contribution >= 4 is 5.82 Å². The summed E-state index contributed by atoms with van der Waals surface area (Å²) in [6.45, 7) is 5.32. The van der Waals surface area contributed by atoms with Crippen LogP contribution in [0.3, 0.4) is 0 Å². The lowest BCUT2D eigenvalue weighted by molar-refractivity contribution is -0.00547. The van der Waals surface area contributed by atoms with Gasteiger partial charge in [-0.2, -0.15) is 9.78 Å². The van der Waals surface area contributed by atoms with Gasteiger partial charge in [-0.1, -0.05) is 6.07 Å². The van der Waals surface area contributed by atoms with Crippen LogP contribution in [-0.4, -0.2) is 44.6 Å². The lowest BCUT2D eigenvalue weighted by atomic mass is 10.2. The average molecular weight is 494 g/mol. The van der Waals surface area contributed by atoms with Gasteiger partial charge in [-0.15, -0.1) is 0 Å². The second kappa shape index (κ2) is 9.90. The monoisotopic (exact) mass is 493 g/mol. The third-order valence-corrected chi connectivity index (χ3v) is 5.90. The van der Waals surface area contributed by atoms with E-state index >= 15 is 0 Å². The Hall–Kier alpha value is -4.05. The Labute approximate surface area is 206 Å². The molecule has 1 aliphatic heterocycles. The third-order valence-electron chi connectivity index (χ3n) is 5.90. The van der Waals surface area contributed by atoms with Crippen LogP contribution >= 0.6 is 0 Å². The molecule has 2 aromatic carbocycles. The number of rotatable bonds is 6.